The van der Waals surface area contributed by atoms with Gasteiger partial charge in [0.25, 0.3) is 0 Å². The summed E-state index contributed by atoms with van der Waals surface area (Å²) in [7, 11) is -4.71. The smallest absolute Gasteiger partial charge is 0.394 e. The van der Waals surface area contributed by atoms with Gasteiger partial charge < -0.3 is 30.7 Å². The van der Waals surface area contributed by atoms with Crippen LogP contribution in [0.2, 0.25) is 0 Å². The standard InChI is InChI=1S/C13H19N2O8P/c14-10(6-16)12(18)22-24(20,23-13(19)11(15)7-17)21-8-9-4-2-1-3-5-9/h1-5,10-11,16-17H,6-8,14-15H2. The summed E-state index contributed by atoms with van der Waals surface area (Å²) in [6, 6.07) is 5.38. The summed E-state index contributed by atoms with van der Waals surface area (Å²) in [5.74, 6) is -2.58. The molecule has 0 aromatic heterocycles. The molecule has 1 rings (SSSR count). The Kier molecular flexibility index (Phi) is 7.99. The van der Waals surface area contributed by atoms with Gasteiger partial charge in [-0.1, -0.05) is 30.3 Å². The molecule has 0 aliphatic heterocycles. The van der Waals surface area contributed by atoms with Crippen LogP contribution in [0.4, 0.5) is 0 Å². The molecule has 0 aliphatic rings. The van der Waals surface area contributed by atoms with Gasteiger partial charge in [0.05, 0.1) is 19.8 Å². The monoisotopic (exact) mass is 362 g/mol. The first kappa shape index (κ1) is 20.2. The highest BCUT2D eigenvalue weighted by atomic mass is 31.2. The minimum Gasteiger partial charge on any atom is -0.394 e. The molecule has 10 nitrogen and oxygen atoms in total. The van der Waals surface area contributed by atoms with E-state index in [1.165, 1.54) is 0 Å². The summed E-state index contributed by atoms with van der Waals surface area (Å²) in [6.07, 6.45) is 0. The highest BCUT2D eigenvalue weighted by Crippen LogP contribution is 2.50. The summed E-state index contributed by atoms with van der Waals surface area (Å²) in [5.41, 5.74) is 11.0. The van der Waals surface area contributed by atoms with E-state index in [-0.39, 0.29) is 6.61 Å². The lowest BCUT2D eigenvalue weighted by Gasteiger charge is -2.19. The predicted octanol–water partition coefficient (Wildman–Crippen LogP) is -0.963. The van der Waals surface area contributed by atoms with Crippen LogP contribution in [0.3, 0.4) is 0 Å². The van der Waals surface area contributed by atoms with E-state index in [9.17, 15) is 14.2 Å². The van der Waals surface area contributed by atoms with E-state index in [0.717, 1.165) is 0 Å². The highest BCUT2D eigenvalue weighted by molar-refractivity contribution is 7.49. The largest absolute Gasteiger partial charge is 0.592 e. The second-order valence-electron chi connectivity index (χ2n) is 4.61. The van der Waals surface area contributed by atoms with Gasteiger partial charge in [-0.2, -0.15) is 0 Å². The Bertz CT molecular complexity index is 569. The van der Waals surface area contributed by atoms with Crippen LogP contribution < -0.4 is 11.5 Å². The molecule has 0 saturated heterocycles. The quantitative estimate of drug-likeness (QED) is 0.401. The first-order chi connectivity index (χ1) is 11.3. The lowest BCUT2D eigenvalue weighted by molar-refractivity contribution is -0.143. The molecular formula is C13H19N2O8P. The number of phosphoric acid groups is 1. The van der Waals surface area contributed by atoms with Crippen LogP contribution >= 0.6 is 7.82 Å². The van der Waals surface area contributed by atoms with Gasteiger partial charge in [-0.3, -0.25) is 4.52 Å². The van der Waals surface area contributed by atoms with Crippen LogP contribution in [0.15, 0.2) is 30.3 Å². The Labute approximate surface area is 137 Å². The molecule has 11 heteroatoms. The maximum Gasteiger partial charge on any atom is 0.592 e. The molecule has 0 amide bonds. The van der Waals surface area contributed by atoms with E-state index in [0.29, 0.717) is 5.56 Å². The Morgan fingerprint density at radius 2 is 1.46 bits per heavy atom. The number of benzene rings is 1. The number of carbonyl (C=O) groups excluding carboxylic acids is 2. The fourth-order valence-corrected chi connectivity index (χ4v) is 2.47. The summed E-state index contributed by atoms with van der Waals surface area (Å²) in [4.78, 5) is 23.2. The number of rotatable bonds is 9. The van der Waals surface area contributed by atoms with Gasteiger partial charge in [-0.25, -0.2) is 14.2 Å². The maximum atomic E-state index is 12.5. The Balaban J connectivity index is 2.86. The summed E-state index contributed by atoms with van der Waals surface area (Å²) >= 11 is 0. The number of nitrogens with two attached hydrogens (primary N) is 2. The molecular weight excluding hydrogens is 343 g/mol. The van der Waals surface area contributed by atoms with E-state index in [2.05, 4.69) is 9.05 Å². The molecule has 0 bridgehead atoms. The van der Waals surface area contributed by atoms with Gasteiger partial charge in [-0.15, -0.1) is 0 Å². The van der Waals surface area contributed by atoms with Crippen LogP contribution in [0.5, 0.6) is 0 Å². The number of hydrogen-bond donors (Lipinski definition) is 4. The Morgan fingerprint density at radius 3 is 1.88 bits per heavy atom. The zero-order valence-electron chi connectivity index (χ0n) is 12.6. The molecule has 0 fully saturated rings. The van der Waals surface area contributed by atoms with Gasteiger partial charge in [0.15, 0.2) is 0 Å². The average molecular weight is 362 g/mol. The van der Waals surface area contributed by atoms with Crippen molar-refractivity contribution in [1.82, 2.24) is 0 Å². The molecule has 2 atom stereocenters. The van der Waals surface area contributed by atoms with Crippen LogP contribution in [0.1, 0.15) is 5.56 Å². The predicted molar refractivity (Wildman–Crippen MR) is 81.1 cm³/mol. The normalized spacial score (nSPS) is 15.8. The van der Waals surface area contributed by atoms with Gasteiger partial charge in [0.2, 0.25) is 0 Å². The van der Waals surface area contributed by atoms with Crippen molar-refractivity contribution in [1.29, 1.82) is 0 Å². The van der Waals surface area contributed by atoms with Crippen molar-refractivity contribution in [3.63, 3.8) is 0 Å². The summed E-state index contributed by atoms with van der Waals surface area (Å²) in [5, 5.41) is 17.6. The van der Waals surface area contributed by atoms with Crippen LogP contribution in [0, 0.1) is 0 Å². The zero-order valence-corrected chi connectivity index (χ0v) is 13.5. The van der Waals surface area contributed by atoms with E-state index in [1.54, 1.807) is 30.3 Å². The molecule has 24 heavy (non-hydrogen) atoms. The topological polar surface area (TPSA) is 171 Å². The van der Waals surface area contributed by atoms with Crippen LogP contribution in [-0.4, -0.2) is 47.4 Å². The maximum absolute atomic E-state index is 12.5. The third-order valence-electron chi connectivity index (χ3n) is 2.63. The molecule has 0 heterocycles. The lowest BCUT2D eigenvalue weighted by Crippen LogP contribution is -2.37. The highest BCUT2D eigenvalue weighted by Gasteiger charge is 2.38. The van der Waals surface area contributed by atoms with Crippen LogP contribution in [0.25, 0.3) is 0 Å². The molecule has 0 aliphatic carbocycles. The molecule has 6 N–H and O–H groups in total. The second kappa shape index (κ2) is 9.48. The Morgan fingerprint density at radius 1 is 1.00 bits per heavy atom. The third kappa shape index (κ3) is 6.36. The van der Waals surface area contributed by atoms with Crippen LogP contribution in [-0.2, 0) is 34.3 Å². The summed E-state index contributed by atoms with van der Waals surface area (Å²) in [6.45, 7) is -1.86. The van der Waals surface area contributed by atoms with Gasteiger partial charge in [0, 0.05) is 0 Å². The molecule has 2 unspecified atom stereocenters. The average Bonchev–Trinajstić information content (AvgIpc) is 2.59. The van der Waals surface area contributed by atoms with Crippen molar-refractivity contribution in [2.24, 2.45) is 11.5 Å². The van der Waals surface area contributed by atoms with E-state index in [4.69, 9.17) is 26.2 Å². The fourth-order valence-electron chi connectivity index (χ4n) is 1.30. The molecule has 0 radical (unpaired) electrons. The molecule has 0 saturated carbocycles. The zero-order chi connectivity index (χ0) is 18.2. The van der Waals surface area contributed by atoms with E-state index >= 15 is 0 Å². The molecule has 134 valence electrons. The van der Waals surface area contributed by atoms with Crippen molar-refractivity contribution in [3.05, 3.63) is 35.9 Å². The third-order valence-corrected chi connectivity index (χ3v) is 3.89. The summed E-state index contributed by atoms with van der Waals surface area (Å²) < 4.78 is 26.4. The number of aliphatic hydroxyl groups excluding tert-OH is 2. The van der Waals surface area contributed by atoms with Gasteiger partial charge >= 0.3 is 19.8 Å². The number of carbonyl (C=O) groups is 2. The minimum atomic E-state index is -4.71. The SMILES string of the molecule is NC(CO)C(=O)OP(=O)(OCc1ccccc1)OC(=O)C(N)CO. The Hall–Kier alpha value is -1.81. The van der Waals surface area contributed by atoms with E-state index < -0.39 is 45.1 Å². The number of aliphatic hydroxyl groups is 2. The van der Waals surface area contributed by atoms with E-state index in [1.807, 2.05) is 0 Å². The minimum absolute atomic E-state index is 0.304. The van der Waals surface area contributed by atoms with Gasteiger partial charge in [-0.05, 0) is 5.56 Å². The fraction of sp³-hybridized carbons (Fsp3) is 0.385. The number of hydrogen-bond acceptors (Lipinski definition) is 10. The molecule has 1 aromatic carbocycles. The second-order valence-corrected chi connectivity index (χ2v) is 6.12. The van der Waals surface area contributed by atoms with Gasteiger partial charge in [0.1, 0.15) is 12.1 Å². The van der Waals surface area contributed by atoms with Crippen molar-refractivity contribution < 1.29 is 37.9 Å². The van der Waals surface area contributed by atoms with Crippen molar-refractivity contribution >= 4 is 19.8 Å². The first-order valence-electron chi connectivity index (χ1n) is 6.79. The molecule has 0 spiro atoms. The lowest BCUT2D eigenvalue weighted by atomic mass is 10.2. The van der Waals surface area contributed by atoms with Crippen molar-refractivity contribution in [2.45, 2.75) is 18.7 Å². The van der Waals surface area contributed by atoms with Crippen molar-refractivity contribution in [3.8, 4) is 0 Å². The first-order valence-corrected chi connectivity index (χ1v) is 8.25. The molecule has 1 aromatic rings. The number of phosphoric ester groups is 1. The van der Waals surface area contributed by atoms with Crippen molar-refractivity contribution in [2.75, 3.05) is 13.2 Å².